The van der Waals surface area contributed by atoms with E-state index in [-0.39, 0.29) is 11.8 Å². The third-order valence-electron chi connectivity index (χ3n) is 5.89. The van der Waals surface area contributed by atoms with Crippen LogP contribution in [-0.2, 0) is 4.79 Å². The van der Waals surface area contributed by atoms with Crippen molar-refractivity contribution in [2.24, 2.45) is 17.8 Å². The molecule has 2 fully saturated rings. The zero-order chi connectivity index (χ0) is 17.1. The minimum absolute atomic E-state index is 0.168. The molecule has 1 aliphatic heterocycles. The number of carbonyl (C=O) groups is 1. The third kappa shape index (κ3) is 3.96. The van der Waals surface area contributed by atoms with Gasteiger partial charge < -0.3 is 4.90 Å². The quantitative estimate of drug-likeness (QED) is 0.830. The molecule has 1 aromatic heterocycles. The minimum Gasteiger partial charge on any atom is -0.341 e. The molecule has 3 rings (SSSR count). The van der Waals surface area contributed by atoms with E-state index in [1.54, 1.807) is 0 Å². The van der Waals surface area contributed by atoms with E-state index in [1.807, 2.05) is 26.2 Å². The number of carbonyl (C=O) groups excluding carboxylic acids is 1. The SMILES string of the molecule is CC1CCN(c2ncc([C@H]3CC[C@H](C(=O)C(C)C)CC3)cn2)CC1. The number of rotatable bonds is 4. The van der Waals surface area contributed by atoms with E-state index in [9.17, 15) is 4.79 Å². The number of nitrogens with zero attached hydrogens (tertiary/aromatic N) is 3. The molecular weight excluding hydrogens is 298 g/mol. The summed E-state index contributed by atoms with van der Waals surface area (Å²) in [7, 11) is 0. The van der Waals surface area contributed by atoms with E-state index >= 15 is 0 Å². The molecule has 0 radical (unpaired) electrons. The number of hydrogen-bond acceptors (Lipinski definition) is 4. The second-order valence-electron chi connectivity index (χ2n) is 8.09. The first-order valence-corrected chi connectivity index (χ1v) is 9.65. The Balaban J connectivity index is 1.56. The lowest BCUT2D eigenvalue weighted by Crippen LogP contribution is -2.34. The van der Waals surface area contributed by atoms with E-state index < -0.39 is 0 Å². The van der Waals surface area contributed by atoms with Crippen LogP contribution in [-0.4, -0.2) is 28.8 Å². The highest BCUT2D eigenvalue weighted by molar-refractivity contribution is 5.82. The molecule has 0 atom stereocenters. The van der Waals surface area contributed by atoms with Crippen LogP contribution in [0, 0.1) is 17.8 Å². The summed E-state index contributed by atoms with van der Waals surface area (Å²) in [6.07, 6.45) is 10.7. The van der Waals surface area contributed by atoms with Gasteiger partial charge in [-0.05, 0) is 55.9 Å². The summed E-state index contributed by atoms with van der Waals surface area (Å²) >= 11 is 0. The molecule has 1 aromatic rings. The van der Waals surface area contributed by atoms with E-state index in [0.29, 0.717) is 11.7 Å². The van der Waals surface area contributed by atoms with Gasteiger partial charge in [-0.15, -0.1) is 0 Å². The maximum atomic E-state index is 12.2. The van der Waals surface area contributed by atoms with Gasteiger partial charge >= 0.3 is 0 Å². The Morgan fingerprint density at radius 2 is 1.62 bits per heavy atom. The molecule has 0 aromatic carbocycles. The van der Waals surface area contributed by atoms with Gasteiger partial charge in [0.2, 0.25) is 5.95 Å². The van der Waals surface area contributed by atoms with Gasteiger partial charge in [0.15, 0.2) is 0 Å². The van der Waals surface area contributed by atoms with Crippen molar-refractivity contribution in [2.45, 2.75) is 65.2 Å². The van der Waals surface area contributed by atoms with Crippen LogP contribution >= 0.6 is 0 Å². The number of Topliss-reactive ketones (excluding diaryl/α,β-unsaturated/α-hetero) is 1. The zero-order valence-corrected chi connectivity index (χ0v) is 15.4. The average molecular weight is 329 g/mol. The summed E-state index contributed by atoms with van der Waals surface area (Å²) in [5.41, 5.74) is 1.25. The largest absolute Gasteiger partial charge is 0.341 e. The van der Waals surface area contributed by atoms with Crippen LogP contribution in [0.25, 0.3) is 0 Å². The normalized spacial score (nSPS) is 25.9. The van der Waals surface area contributed by atoms with Crippen molar-refractivity contribution in [3.63, 3.8) is 0 Å². The summed E-state index contributed by atoms with van der Waals surface area (Å²) in [6.45, 7) is 8.50. The Hall–Kier alpha value is -1.45. The highest BCUT2D eigenvalue weighted by atomic mass is 16.1. The fraction of sp³-hybridized carbons (Fsp3) is 0.750. The lowest BCUT2D eigenvalue weighted by Gasteiger charge is -2.31. The molecular formula is C20H31N3O. The Morgan fingerprint density at radius 3 is 2.17 bits per heavy atom. The molecule has 132 valence electrons. The van der Waals surface area contributed by atoms with Crippen LogP contribution in [0.3, 0.4) is 0 Å². The summed E-state index contributed by atoms with van der Waals surface area (Å²) in [5, 5.41) is 0. The van der Waals surface area contributed by atoms with Crippen molar-refractivity contribution in [1.29, 1.82) is 0 Å². The smallest absolute Gasteiger partial charge is 0.225 e. The van der Waals surface area contributed by atoms with Gasteiger partial charge in [-0.1, -0.05) is 20.8 Å². The molecule has 0 N–H and O–H groups in total. The van der Waals surface area contributed by atoms with E-state index in [4.69, 9.17) is 0 Å². The standard InChI is InChI=1S/C20H31N3O/c1-14(2)19(24)17-6-4-16(5-7-17)18-12-21-20(22-13-18)23-10-8-15(3)9-11-23/h12-17H,4-11H2,1-3H3/t16-,17-. The van der Waals surface area contributed by atoms with Crippen LogP contribution in [0.15, 0.2) is 12.4 Å². The number of anilines is 1. The van der Waals surface area contributed by atoms with Crippen molar-refractivity contribution >= 4 is 11.7 Å². The number of piperidine rings is 1. The fourth-order valence-corrected chi connectivity index (χ4v) is 4.10. The molecule has 4 heteroatoms. The van der Waals surface area contributed by atoms with Gasteiger partial charge in [-0.25, -0.2) is 9.97 Å². The number of ketones is 1. The summed E-state index contributed by atoms with van der Waals surface area (Å²) in [5.74, 6) is 3.12. The highest BCUT2D eigenvalue weighted by Gasteiger charge is 2.28. The van der Waals surface area contributed by atoms with E-state index in [1.165, 1.54) is 18.4 Å². The molecule has 2 aliphatic rings. The van der Waals surface area contributed by atoms with E-state index in [2.05, 4.69) is 21.8 Å². The molecule has 1 aliphatic carbocycles. The maximum Gasteiger partial charge on any atom is 0.225 e. The van der Waals surface area contributed by atoms with Crippen LogP contribution in [0.2, 0.25) is 0 Å². The monoisotopic (exact) mass is 329 g/mol. The summed E-state index contributed by atoms with van der Waals surface area (Å²) in [4.78, 5) is 23.7. The first-order chi connectivity index (χ1) is 11.5. The van der Waals surface area contributed by atoms with Gasteiger partial charge in [-0.3, -0.25) is 4.79 Å². The molecule has 2 heterocycles. The van der Waals surface area contributed by atoms with Gasteiger partial charge in [-0.2, -0.15) is 0 Å². The molecule has 0 spiro atoms. The predicted octanol–water partition coefficient (Wildman–Crippen LogP) is 4.21. The summed E-state index contributed by atoms with van der Waals surface area (Å²) < 4.78 is 0. The lowest BCUT2D eigenvalue weighted by atomic mass is 9.76. The number of hydrogen-bond donors (Lipinski definition) is 0. The fourth-order valence-electron chi connectivity index (χ4n) is 4.10. The van der Waals surface area contributed by atoms with E-state index in [0.717, 1.165) is 50.6 Å². The van der Waals surface area contributed by atoms with Crippen LogP contribution in [0.5, 0.6) is 0 Å². The third-order valence-corrected chi connectivity index (χ3v) is 5.89. The Labute approximate surface area is 146 Å². The van der Waals surface area contributed by atoms with Crippen LogP contribution < -0.4 is 4.90 Å². The van der Waals surface area contributed by atoms with Crippen LogP contribution in [0.4, 0.5) is 5.95 Å². The van der Waals surface area contributed by atoms with Crippen molar-refractivity contribution in [1.82, 2.24) is 9.97 Å². The van der Waals surface area contributed by atoms with Crippen molar-refractivity contribution in [3.8, 4) is 0 Å². The topological polar surface area (TPSA) is 46.1 Å². The zero-order valence-electron chi connectivity index (χ0n) is 15.4. The molecule has 4 nitrogen and oxygen atoms in total. The molecule has 1 saturated carbocycles. The molecule has 0 bridgehead atoms. The highest BCUT2D eigenvalue weighted by Crippen LogP contribution is 2.36. The van der Waals surface area contributed by atoms with Crippen molar-refractivity contribution in [3.05, 3.63) is 18.0 Å². The van der Waals surface area contributed by atoms with Crippen molar-refractivity contribution in [2.75, 3.05) is 18.0 Å². The maximum absolute atomic E-state index is 12.2. The Kier molecular flexibility index (Phi) is 5.52. The first kappa shape index (κ1) is 17.4. The molecule has 1 saturated heterocycles. The second kappa shape index (κ2) is 7.62. The Bertz CT molecular complexity index is 539. The second-order valence-corrected chi connectivity index (χ2v) is 8.09. The van der Waals surface area contributed by atoms with Crippen molar-refractivity contribution < 1.29 is 4.79 Å². The number of aromatic nitrogens is 2. The minimum atomic E-state index is 0.168. The molecule has 0 unspecified atom stereocenters. The first-order valence-electron chi connectivity index (χ1n) is 9.65. The predicted molar refractivity (Wildman–Crippen MR) is 97.2 cm³/mol. The van der Waals surface area contributed by atoms with Crippen LogP contribution in [0.1, 0.15) is 70.8 Å². The van der Waals surface area contributed by atoms with Gasteiger partial charge in [0.05, 0.1) is 0 Å². The van der Waals surface area contributed by atoms with Gasteiger partial charge in [0, 0.05) is 37.3 Å². The van der Waals surface area contributed by atoms with Gasteiger partial charge in [0.1, 0.15) is 5.78 Å². The molecule has 24 heavy (non-hydrogen) atoms. The summed E-state index contributed by atoms with van der Waals surface area (Å²) in [6, 6.07) is 0. The Morgan fingerprint density at radius 1 is 1.04 bits per heavy atom. The van der Waals surface area contributed by atoms with Gasteiger partial charge in [0.25, 0.3) is 0 Å². The average Bonchev–Trinajstić information content (AvgIpc) is 2.62. The molecule has 0 amide bonds. The lowest BCUT2D eigenvalue weighted by molar-refractivity contribution is -0.126.